The van der Waals surface area contributed by atoms with E-state index in [0.29, 0.717) is 0 Å². The zero-order valence-corrected chi connectivity index (χ0v) is 9.78. The van der Waals surface area contributed by atoms with Crippen LogP contribution in [0.25, 0.3) is 0 Å². The smallest absolute Gasteiger partial charge is 0.185 e. The van der Waals surface area contributed by atoms with Gasteiger partial charge in [-0.15, -0.1) is 0 Å². The summed E-state index contributed by atoms with van der Waals surface area (Å²) in [6, 6.07) is 7.81. The first-order chi connectivity index (χ1) is 7.42. The number of carbonyl (C=O) groups excluding carboxylic acids is 1. The van der Waals surface area contributed by atoms with Gasteiger partial charge in [-0.3, -0.25) is 4.79 Å². The standard InChI is InChI=1S/C11H14O4S/c1-9(12)7-10(13)8-16(14,15)11-5-3-2-4-6-11/h2-6,9,12H,7-8H2,1H3. The number of sulfone groups is 1. The zero-order valence-electron chi connectivity index (χ0n) is 8.96. The van der Waals surface area contributed by atoms with E-state index in [1.807, 2.05) is 0 Å². The van der Waals surface area contributed by atoms with Crippen LogP contribution in [0.5, 0.6) is 0 Å². The van der Waals surface area contributed by atoms with Gasteiger partial charge in [0, 0.05) is 6.42 Å². The Hall–Kier alpha value is -1.20. The second kappa shape index (κ2) is 5.23. The van der Waals surface area contributed by atoms with Crippen LogP contribution >= 0.6 is 0 Å². The third-order valence-electron chi connectivity index (χ3n) is 1.98. The van der Waals surface area contributed by atoms with Crippen LogP contribution in [0.3, 0.4) is 0 Å². The maximum Gasteiger partial charge on any atom is 0.185 e. The van der Waals surface area contributed by atoms with Gasteiger partial charge in [0.15, 0.2) is 15.6 Å². The molecule has 0 aliphatic carbocycles. The molecule has 0 radical (unpaired) electrons. The molecule has 0 fully saturated rings. The normalized spacial score (nSPS) is 13.4. The molecule has 4 nitrogen and oxygen atoms in total. The van der Waals surface area contributed by atoms with Crippen LogP contribution in [-0.2, 0) is 14.6 Å². The average molecular weight is 242 g/mol. The van der Waals surface area contributed by atoms with Crippen LogP contribution in [-0.4, -0.2) is 31.2 Å². The molecule has 0 bridgehead atoms. The third-order valence-corrected chi connectivity index (χ3v) is 3.67. The van der Waals surface area contributed by atoms with Crippen molar-refractivity contribution in [2.24, 2.45) is 0 Å². The zero-order chi connectivity index (χ0) is 12.2. The fraction of sp³-hybridized carbons (Fsp3) is 0.364. The Balaban J connectivity index is 2.78. The Kier molecular flexibility index (Phi) is 4.20. The number of rotatable bonds is 5. The third kappa shape index (κ3) is 3.75. The van der Waals surface area contributed by atoms with E-state index in [4.69, 9.17) is 5.11 Å². The van der Waals surface area contributed by atoms with Gasteiger partial charge in [-0.05, 0) is 19.1 Å². The highest BCUT2D eigenvalue weighted by Crippen LogP contribution is 2.11. The Morgan fingerprint density at radius 3 is 2.38 bits per heavy atom. The van der Waals surface area contributed by atoms with Crippen LogP contribution in [0.1, 0.15) is 13.3 Å². The van der Waals surface area contributed by atoms with Crippen molar-refractivity contribution >= 4 is 15.6 Å². The highest BCUT2D eigenvalue weighted by atomic mass is 32.2. The van der Waals surface area contributed by atoms with E-state index in [2.05, 4.69) is 0 Å². The average Bonchev–Trinajstić information content (AvgIpc) is 2.16. The molecule has 16 heavy (non-hydrogen) atoms. The van der Waals surface area contributed by atoms with Crippen molar-refractivity contribution in [3.63, 3.8) is 0 Å². The molecule has 1 atom stereocenters. The van der Waals surface area contributed by atoms with Crippen molar-refractivity contribution in [1.82, 2.24) is 0 Å². The Labute approximate surface area is 94.8 Å². The number of ketones is 1. The van der Waals surface area contributed by atoms with Crippen LogP contribution in [0.15, 0.2) is 35.2 Å². The Morgan fingerprint density at radius 2 is 1.88 bits per heavy atom. The first kappa shape index (κ1) is 12.9. The molecular weight excluding hydrogens is 228 g/mol. The number of aliphatic hydroxyl groups is 1. The summed E-state index contributed by atoms with van der Waals surface area (Å²) in [6.07, 6.45) is -0.940. The molecular formula is C11H14O4S. The lowest BCUT2D eigenvalue weighted by molar-refractivity contribution is -0.118. The number of Topliss-reactive ketones (excluding diaryl/α,β-unsaturated/α-hetero) is 1. The topological polar surface area (TPSA) is 71.4 Å². The lowest BCUT2D eigenvalue weighted by atomic mass is 10.2. The molecule has 1 aromatic rings. The number of benzene rings is 1. The molecule has 5 heteroatoms. The summed E-state index contributed by atoms with van der Waals surface area (Å²) in [4.78, 5) is 11.4. The van der Waals surface area contributed by atoms with Crippen molar-refractivity contribution < 1.29 is 18.3 Å². The molecule has 0 aliphatic heterocycles. The summed E-state index contributed by atoms with van der Waals surface area (Å²) in [6.45, 7) is 1.45. The fourth-order valence-corrected chi connectivity index (χ4v) is 2.59. The molecule has 1 unspecified atom stereocenters. The summed E-state index contributed by atoms with van der Waals surface area (Å²) in [5.41, 5.74) is 0. The van der Waals surface area contributed by atoms with Crippen molar-refractivity contribution in [1.29, 1.82) is 0 Å². The molecule has 0 saturated heterocycles. The quantitative estimate of drug-likeness (QED) is 0.829. The van der Waals surface area contributed by atoms with E-state index in [9.17, 15) is 13.2 Å². The monoisotopic (exact) mass is 242 g/mol. The van der Waals surface area contributed by atoms with E-state index in [0.717, 1.165) is 0 Å². The SMILES string of the molecule is CC(O)CC(=O)CS(=O)(=O)c1ccccc1. The molecule has 1 N–H and O–H groups in total. The van der Waals surface area contributed by atoms with Gasteiger partial charge < -0.3 is 5.11 Å². The van der Waals surface area contributed by atoms with Gasteiger partial charge in [0.1, 0.15) is 5.75 Å². The number of carbonyl (C=O) groups is 1. The summed E-state index contributed by atoms with van der Waals surface area (Å²) in [7, 11) is -3.57. The van der Waals surface area contributed by atoms with Crippen LogP contribution < -0.4 is 0 Å². The summed E-state index contributed by atoms with van der Waals surface area (Å²) in [5, 5.41) is 8.97. The number of hydrogen-bond acceptors (Lipinski definition) is 4. The number of aliphatic hydroxyl groups excluding tert-OH is 1. The molecule has 1 rings (SSSR count). The summed E-state index contributed by atoms with van der Waals surface area (Å²) >= 11 is 0. The van der Waals surface area contributed by atoms with Gasteiger partial charge >= 0.3 is 0 Å². The highest BCUT2D eigenvalue weighted by molar-refractivity contribution is 7.92. The number of hydrogen-bond donors (Lipinski definition) is 1. The molecule has 0 aliphatic rings. The van der Waals surface area contributed by atoms with Gasteiger partial charge in [0.25, 0.3) is 0 Å². The van der Waals surface area contributed by atoms with E-state index in [-0.39, 0.29) is 11.3 Å². The van der Waals surface area contributed by atoms with Gasteiger partial charge in [0.05, 0.1) is 11.0 Å². The minimum atomic E-state index is -3.57. The largest absolute Gasteiger partial charge is 0.393 e. The molecule has 88 valence electrons. The second-order valence-corrected chi connectivity index (χ2v) is 5.65. The van der Waals surface area contributed by atoms with E-state index in [1.165, 1.54) is 19.1 Å². The second-order valence-electron chi connectivity index (χ2n) is 3.66. The molecule has 0 spiro atoms. The van der Waals surface area contributed by atoms with Crippen LogP contribution in [0.2, 0.25) is 0 Å². The fourth-order valence-electron chi connectivity index (χ4n) is 1.31. The highest BCUT2D eigenvalue weighted by Gasteiger charge is 2.19. The van der Waals surface area contributed by atoms with E-state index in [1.54, 1.807) is 18.2 Å². The Bertz CT molecular complexity index is 448. The van der Waals surface area contributed by atoms with Crippen molar-refractivity contribution in [2.45, 2.75) is 24.3 Å². The summed E-state index contributed by atoms with van der Waals surface area (Å²) in [5.74, 6) is -1.03. The van der Waals surface area contributed by atoms with E-state index < -0.39 is 27.5 Å². The predicted molar refractivity (Wildman–Crippen MR) is 59.8 cm³/mol. The lowest BCUT2D eigenvalue weighted by Gasteiger charge is -2.05. The molecule has 0 aromatic heterocycles. The summed E-state index contributed by atoms with van der Waals surface area (Å²) < 4.78 is 23.4. The van der Waals surface area contributed by atoms with Crippen molar-refractivity contribution in [3.8, 4) is 0 Å². The van der Waals surface area contributed by atoms with Crippen molar-refractivity contribution in [3.05, 3.63) is 30.3 Å². The molecule has 1 aromatic carbocycles. The lowest BCUT2D eigenvalue weighted by Crippen LogP contribution is -2.19. The first-order valence-electron chi connectivity index (χ1n) is 4.89. The first-order valence-corrected chi connectivity index (χ1v) is 6.54. The van der Waals surface area contributed by atoms with E-state index >= 15 is 0 Å². The molecule has 0 amide bonds. The maximum absolute atomic E-state index is 11.7. The minimum absolute atomic E-state index is 0.133. The van der Waals surface area contributed by atoms with Gasteiger partial charge in [0.2, 0.25) is 0 Å². The predicted octanol–water partition coefficient (Wildman–Crippen LogP) is 0.800. The molecule has 0 saturated carbocycles. The Morgan fingerprint density at radius 1 is 1.31 bits per heavy atom. The maximum atomic E-state index is 11.7. The molecule has 0 heterocycles. The van der Waals surface area contributed by atoms with Gasteiger partial charge in [-0.2, -0.15) is 0 Å². The van der Waals surface area contributed by atoms with Gasteiger partial charge in [-0.1, -0.05) is 18.2 Å². The van der Waals surface area contributed by atoms with Gasteiger partial charge in [-0.25, -0.2) is 8.42 Å². The minimum Gasteiger partial charge on any atom is -0.393 e. The van der Waals surface area contributed by atoms with Crippen molar-refractivity contribution in [2.75, 3.05) is 5.75 Å². The van der Waals surface area contributed by atoms with Crippen LogP contribution in [0, 0.1) is 0 Å². The van der Waals surface area contributed by atoms with Crippen LogP contribution in [0.4, 0.5) is 0 Å².